The van der Waals surface area contributed by atoms with Gasteiger partial charge in [0.05, 0.1) is 0 Å². The van der Waals surface area contributed by atoms with E-state index in [1.807, 2.05) is 18.0 Å². The van der Waals surface area contributed by atoms with Crippen molar-refractivity contribution in [1.82, 2.24) is 9.88 Å². The Bertz CT molecular complexity index is 403. The molecule has 0 radical (unpaired) electrons. The van der Waals surface area contributed by atoms with Crippen molar-refractivity contribution in [1.29, 1.82) is 0 Å². The molecule has 1 atom stereocenters. The number of aromatic nitrogens is 1. The Labute approximate surface area is 122 Å². The van der Waals surface area contributed by atoms with Crippen LogP contribution in [0.3, 0.4) is 0 Å². The van der Waals surface area contributed by atoms with Crippen LogP contribution in [0.25, 0.3) is 0 Å². The number of piperidine rings is 1. The maximum absolute atomic E-state index is 4.62. The van der Waals surface area contributed by atoms with Crippen LogP contribution in [0.5, 0.6) is 0 Å². The molecule has 3 heteroatoms. The van der Waals surface area contributed by atoms with Gasteiger partial charge in [-0.05, 0) is 39.3 Å². The van der Waals surface area contributed by atoms with Gasteiger partial charge in [-0.2, -0.15) is 0 Å². The van der Waals surface area contributed by atoms with Crippen molar-refractivity contribution in [3.05, 3.63) is 23.9 Å². The Hall–Kier alpha value is -0.540. The first-order chi connectivity index (χ1) is 9.09. The zero-order chi connectivity index (χ0) is 13.8. The van der Waals surface area contributed by atoms with Crippen molar-refractivity contribution in [3.63, 3.8) is 0 Å². The molecule has 0 bridgehead atoms. The lowest BCUT2D eigenvalue weighted by molar-refractivity contribution is 0.110. The first-order valence-electron chi connectivity index (χ1n) is 7.47. The summed E-state index contributed by atoms with van der Waals surface area (Å²) in [5.41, 5.74) is 1.44. The fraction of sp³-hybridized carbons (Fsp3) is 0.688. The predicted octanol–water partition coefficient (Wildman–Crippen LogP) is 4.52. The molecule has 2 nitrogen and oxygen atoms in total. The fourth-order valence-electron chi connectivity index (χ4n) is 2.88. The quantitative estimate of drug-likeness (QED) is 0.753. The standard InChI is InChI=1S/C16H26N2S/c1-12(2)18-11-6-5-9-15(18)14-8-7-10-17-16(14)19-13(3)4/h7-8,10,12-13,15H,5-6,9,11H2,1-4H3. The lowest BCUT2D eigenvalue weighted by atomic mass is 9.95. The third-order valence-corrected chi connectivity index (χ3v) is 4.75. The predicted molar refractivity (Wildman–Crippen MR) is 83.7 cm³/mol. The van der Waals surface area contributed by atoms with Gasteiger partial charge >= 0.3 is 0 Å². The van der Waals surface area contributed by atoms with Crippen molar-refractivity contribution in [3.8, 4) is 0 Å². The number of nitrogens with zero attached hydrogens (tertiary/aromatic N) is 2. The van der Waals surface area contributed by atoms with Crippen LogP contribution >= 0.6 is 11.8 Å². The summed E-state index contributed by atoms with van der Waals surface area (Å²) in [7, 11) is 0. The molecule has 1 aliphatic heterocycles. The molecule has 0 saturated carbocycles. The second kappa shape index (κ2) is 6.76. The highest BCUT2D eigenvalue weighted by atomic mass is 32.2. The Kier molecular flexibility index (Phi) is 5.28. The molecule has 1 saturated heterocycles. The molecule has 0 aromatic carbocycles. The van der Waals surface area contributed by atoms with Gasteiger partial charge < -0.3 is 0 Å². The van der Waals surface area contributed by atoms with E-state index in [1.54, 1.807) is 0 Å². The minimum absolute atomic E-state index is 0.559. The largest absolute Gasteiger partial charge is 0.294 e. The van der Waals surface area contributed by atoms with E-state index in [-0.39, 0.29) is 0 Å². The van der Waals surface area contributed by atoms with E-state index in [4.69, 9.17) is 0 Å². The monoisotopic (exact) mass is 278 g/mol. The molecule has 0 amide bonds. The molecule has 0 aliphatic carbocycles. The van der Waals surface area contributed by atoms with E-state index in [9.17, 15) is 0 Å². The Morgan fingerprint density at radius 1 is 1.26 bits per heavy atom. The van der Waals surface area contributed by atoms with Gasteiger partial charge in [0.1, 0.15) is 5.03 Å². The minimum atomic E-state index is 0.559. The van der Waals surface area contributed by atoms with Crippen LogP contribution in [-0.2, 0) is 0 Å². The van der Waals surface area contributed by atoms with E-state index in [1.165, 1.54) is 36.4 Å². The van der Waals surface area contributed by atoms with E-state index in [0.29, 0.717) is 17.3 Å². The van der Waals surface area contributed by atoms with Crippen molar-refractivity contribution in [2.45, 2.75) is 69.3 Å². The second-order valence-electron chi connectivity index (χ2n) is 5.91. The molecular weight excluding hydrogens is 252 g/mol. The molecule has 2 heterocycles. The molecule has 0 N–H and O–H groups in total. The second-order valence-corrected chi connectivity index (χ2v) is 7.47. The fourth-order valence-corrected chi connectivity index (χ4v) is 3.79. The normalized spacial score (nSPS) is 21.3. The van der Waals surface area contributed by atoms with Crippen LogP contribution in [0.15, 0.2) is 23.4 Å². The lowest BCUT2D eigenvalue weighted by Crippen LogP contribution is -2.38. The van der Waals surface area contributed by atoms with E-state index < -0.39 is 0 Å². The van der Waals surface area contributed by atoms with Crippen molar-refractivity contribution in [2.24, 2.45) is 0 Å². The summed E-state index contributed by atoms with van der Waals surface area (Å²) >= 11 is 1.89. The topological polar surface area (TPSA) is 16.1 Å². The highest BCUT2D eigenvalue weighted by Crippen LogP contribution is 2.37. The molecule has 1 fully saturated rings. The summed E-state index contributed by atoms with van der Waals surface area (Å²) in [6.45, 7) is 10.3. The van der Waals surface area contributed by atoms with Gasteiger partial charge in [0.2, 0.25) is 0 Å². The van der Waals surface area contributed by atoms with Crippen molar-refractivity contribution >= 4 is 11.8 Å². The highest BCUT2D eigenvalue weighted by Gasteiger charge is 2.28. The van der Waals surface area contributed by atoms with Crippen LogP contribution in [-0.4, -0.2) is 27.7 Å². The van der Waals surface area contributed by atoms with Crippen LogP contribution in [0.4, 0.5) is 0 Å². The van der Waals surface area contributed by atoms with Gasteiger partial charge in [0.15, 0.2) is 0 Å². The first kappa shape index (κ1) is 14.9. The molecule has 1 unspecified atom stereocenters. The average Bonchev–Trinajstić information content (AvgIpc) is 2.38. The van der Waals surface area contributed by atoms with E-state index in [0.717, 1.165) is 0 Å². The average molecular weight is 278 g/mol. The molecule has 106 valence electrons. The van der Waals surface area contributed by atoms with Crippen LogP contribution in [0.2, 0.25) is 0 Å². The lowest BCUT2D eigenvalue weighted by Gasteiger charge is -2.39. The van der Waals surface area contributed by atoms with Gasteiger partial charge in [0, 0.05) is 29.1 Å². The summed E-state index contributed by atoms with van der Waals surface area (Å²) in [4.78, 5) is 7.27. The van der Waals surface area contributed by atoms with Gasteiger partial charge in [-0.1, -0.05) is 26.3 Å². The maximum Gasteiger partial charge on any atom is 0.101 e. The number of hydrogen-bond acceptors (Lipinski definition) is 3. The number of rotatable bonds is 4. The molecule has 1 aromatic rings. The van der Waals surface area contributed by atoms with Gasteiger partial charge in [0.25, 0.3) is 0 Å². The van der Waals surface area contributed by atoms with Crippen LogP contribution < -0.4 is 0 Å². The third-order valence-electron chi connectivity index (χ3n) is 3.71. The van der Waals surface area contributed by atoms with Crippen LogP contribution in [0.1, 0.15) is 58.6 Å². The number of thioether (sulfide) groups is 1. The summed E-state index contributed by atoms with van der Waals surface area (Å²) in [5, 5.41) is 1.82. The molecule has 2 rings (SSSR count). The Morgan fingerprint density at radius 2 is 2.05 bits per heavy atom. The van der Waals surface area contributed by atoms with Crippen LogP contribution in [0, 0.1) is 0 Å². The molecule has 1 aliphatic rings. The zero-order valence-corrected chi connectivity index (χ0v) is 13.4. The smallest absolute Gasteiger partial charge is 0.101 e. The van der Waals surface area contributed by atoms with E-state index in [2.05, 4.69) is 49.7 Å². The van der Waals surface area contributed by atoms with Crippen molar-refractivity contribution in [2.75, 3.05) is 6.54 Å². The zero-order valence-electron chi connectivity index (χ0n) is 12.6. The molecule has 1 aromatic heterocycles. The minimum Gasteiger partial charge on any atom is -0.294 e. The maximum atomic E-state index is 4.62. The Balaban J connectivity index is 2.28. The molecule has 0 spiro atoms. The number of likely N-dealkylation sites (tertiary alicyclic amines) is 1. The van der Waals surface area contributed by atoms with Crippen molar-refractivity contribution < 1.29 is 0 Å². The summed E-state index contributed by atoms with van der Waals surface area (Å²) in [6.07, 6.45) is 5.88. The summed E-state index contributed by atoms with van der Waals surface area (Å²) in [6, 6.07) is 5.54. The SMILES string of the molecule is CC(C)Sc1ncccc1C1CCCCN1C(C)C. The number of hydrogen-bond donors (Lipinski definition) is 0. The van der Waals surface area contributed by atoms with E-state index >= 15 is 0 Å². The number of pyridine rings is 1. The highest BCUT2D eigenvalue weighted by molar-refractivity contribution is 7.99. The molecule has 19 heavy (non-hydrogen) atoms. The molecular formula is C16H26N2S. The summed E-state index contributed by atoms with van der Waals surface area (Å²) < 4.78 is 0. The third kappa shape index (κ3) is 3.73. The Morgan fingerprint density at radius 3 is 2.74 bits per heavy atom. The first-order valence-corrected chi connectivity index (χ1v) is 8.35. The van der Waals surface area contributed by atoms with Gasteiger partial charge in [-0.15, -0.1) is 11.8 Å². The summed E-state index contributed by atoms with van der Waals surface area (Å²) in [5.74, 6) is 0. The van der Waals surface area contributed by atoms with Gasteiger partial charge in [-0.25, -0.2) is 4.98 Å². The van der Waals surface area contributed by atoms with Gasteiger partial charge in [-0.3, -0.25) is 4.90 Å².